The molecule has 0 saturated carbocycles. The number of rotatable bonds is 6. The summed E-state index contributed by atoms with van der Waals surface area (Å²) in [5.74, 6) is -0.748. The lowest BCUT2D eigenvalue weighted by Crippen LogP contribution is -2.53. The topological polar surface area (TPSA) is 65.0 Å². The second kappa shape index (κ2) is 7.73. The predicted octanol–water partition coefficient (Wildman–Crippen LogP) is 3.87. The van der Waals surface area contributed by atoms with E-state index in [1.807, 2.05) is 49.4 Å². The summed E-state index contributed by atoms with van der Waals surface area (Å²) in [4.78, 5) is 11.5. The van der Waals surface area contributed by atoms with Crippen LogP contribution in [0.2, 0.25) is 5.02 Å². The normalized spacial score (nSPS) is 30.9. The van der Waals surface area contributed by atoms with E-state index in [1.165, 1.54) is 0 Å². The summed E-state index contributed by atoms with van der Waals surface area (Å²) in [5.41, 5.74) is 1.95. The van der Waals surface area contributed by atoms with Crippen LogP contribution < -0.4 is 4.74 Å². The molecule has 2 fully saturated rings. The van der Waals surface area contributed by atoms with Gasteiger partial charge in [0.2, 0.25) is 0 Å². The standard InChI is InChI=1S/C23H25ClO5/c1-3-27-19-7-4-15(5-8-19)10-16-11-18(6-9-20(16)24)23-12-17(13-25)21(26)22(2,29-23)14-28-23/h4-9,11,13,17,21,26H,3,10,12,14H2,1-2H3/t17-,21-,22-,23+/m0/s1. The zero-order chi connectivity index (χ0) is 20.6. The van der Waals surface area contributed by atoms with Gasteiger partial charge in [0.25, 0.3) is 0 Å². The predicted molar refractivity (Wildman–Crippen MR) is 109 cm³/mol. The summed E-state index contributed by atoms with van der Waals surface area (Å²) in [7, 11) is 0. The van der Waals surface area contributed by atoms with Crippen molar-refractivity contribution in [1.82, 2.24) is 0 Å². The van der Waals surface area contributed by atoms with Crippen molar-refractivity contribution < 1.29 is 24.1 Å². The van der Waals surface area contributed by atoms with Gasteiger partial charge in [0, 0.05) is 22.9 Å². The van der Waals surface area contributed by atoms with Crippen LogP contribution in [0.3, 0.4) is 0 Å². The molecule has 5 nitrogen and oxygen atoms in total. The van der Waals surface area contributed by atoms with Gasteiger partial charge in [0.05, 0.1) is 19.3 Å². The molecule has 2 aliphatic heterocycles. The van der Waals surface area contributed by atoms with Crippen LogP contribution in [0.25, 0.3) is 0 Å². The van der Waals surface area contributed by atoms with E-state index >= 15 is 0 Å². The van der Waals surface area contributed by atoms with Gasteiger partial charge in [-0.05, 0) is 55.7 Å². The third kappa shape index (κ3) is 3.68. The van der Waals surface area contributed by atoms with Crippen molar-refractivity contribution in [3.05, 3.63) is 64.2 Å². The molecule has 154 valence electrons. The maximum atomic E-state index is 11.5. The van der Waals surface area contributed by atoms with Crippen molar-refractivity contribution in [2.24, 2.45) is 5.92 Å². The van der Waals surface area contributed by atoms with Crippen LogP contribution in [0.1, 0.15) is 37.0 Å². The quantitative estimate of drug-likeness (QED) is 0.724. The molecule has 0 aromatic heterocycles. The lowest BCUT2D eigenvalue weighted by Gasteiger charge is -2.42. The van der Waals surface area contributed by atoms with E-state index in [0.29, 0.717) is 18.1 Å². The van der Waals surface area contributed by atoms with Gasteiger partial charge < -0.3 is 24.1 Å². The van der Waals surface area contributed by atoms with Crippen molar-refractivity contribution in [3.8, 4) is 5.75 Å². The van der Waals surface area contributed by atoms with Gasteiger partial charge in [-0.2, -0.15) is 0 Å². The van der Waals surface area contributed by atoms with Crippen molar-refractivity contribution >= 4 is 17.9 Å². The zero-order valence-electron chi connectivity index (χ0n) is 16.6. The van der Waals surface area contributed by atoms with E-state index in [-0.39, 0.29) is 13.0 Å². The molecule has 0 amide bonds. The number of fused-ring (bicyclic) bond motifs is 2. The maximum absolute atomic E-state index is 11.5. The molecule has 0 unspecified atom stereocenters. The second-order valence-electron chi connectivity index (χ2n) is 7.97. The fourth-order valence-electron chi connectivity index (χ4n) is 4.24. The minimum atomic E-state index is -1.04. The van der Waals surface area contributed by atoms with Crippen LogP contribution in [0, 0.1) is 5.92 Å². The molecule has 2 aromatic carbocycles. The van der Waals surface area contributed by atoms with Gasteiger partial charge in [-0.25, -0.2) is 0 Å². The third-order valence-electron chi connectivity index (χ3n) is 5.81. The lowest BCUT2D eigenvalue weighted by molar-refractivity contribution is -0.255. The highest BCUT2D eigenvalue weighted by atomic mass is 35.5. The molecule has 2 aliphatic rings. The van der Waals surface area contributed by atoms with Crippen LogP contribution in [0.5, 0.6) is 5.75 Å². The number of carbonyl (C=O) groups is 1. The Bertz CT molecular complexity index is 899. The molecule has 2 saturated heterocycles. The highest BCUT2D eigenvalue weighted by Gasteiger charge is 2.60. The molecule has 6 heteroatoms. The number of benzene rings is 2. The zero-order valence-corrected chi connectivity index (χ0v) is 17.3. The van der Waals surface area contributed by atoms with E-state index in [0.717, 1.165) is 28.7 Å². The summed E-state index contributed by atoms with van der Waals surface area (Å²) in [5, 5.41) is 11.1. The number of aliphatic hydroxyl groups is 1. The van der Waals surface area contributed by atoms with Crippen molar-refractivity contribution in [3.63, 3.8) is 0 Å². The summed E-state index contributed by atoms with van der Waals surface area (Å²) < 4.78 is 17.7. The first kappa shape index (κ1) is 20.4. The van der Waals surface area contributed by atoms with Crippen LogP contribution in [0.4, 0.5) is 0 Å². The molecule has 0 aliphatic carbocycles. The Morgan fingerprint density at radius 3 is 2.72 bits per heavy atom. The number of ether oxygens (including phenoxy) is 3. The Morgan fingerprint density at radius 2 is 2.03 bits per heavy atom. The lowest BCUT2D eigenvalue weighted by atomic mass is 9.81. The third-order valence-corrected chi connectivity index (χ3v) is 6.18. The monoisotopic (exact) mass is 416 g/mol. The molecule has 4 atom stereocenters. The van der Waals surface area contributed by atoms with Crippen molar-refractivity contribution in [2.45, 2.75) is 44.2 Å². The average Bonchev–Trinajstić information content (AvgIpc) is 3.03. The fraction of sp³-hybridized carbons (Fsp3) is 0.435. The Balaban J connectivity index is 1.62. The molecule has 4 rings (SSSR count). The highest BCUT2D eigenvalue weighted by Crippen LogP contribution is 2.51. The number of halogens is 1. The number of hydrogen-bond donors (Lipinski definition) is 1. The van der Waals surface area contributed by atoms with E-state index in [2.05, 4.69) is 0 Å². The molecule has 0 radical (unpaired) electrons. The molecule has 0 spiro atoms. The first-order valence-corrected chi connectivity index (χ1v) is 10.2. The average molecular weight is 417 g/mol. The summed E-state index contributed by atoms with van der Waals surface area (Å²) in [6.07, 6.45) is 0.834. The van der Waals surface area contributed by atoms with Crippen LogP contribution in [-0.4, -0.2) is 36.3 Å². The number of hydrogen-bond acceptors (Lipinski definition) is 5. The van der Waals surface area contributed by atoms with E-state index in [4.69, 9.17) is 25.8 Å². The smallest absolute Gasteiger partial charge is 0.196 e. The molecule has 29 heavy (non-hydrogen) atoms. The SMILES string of the molecule is CCOc1ccc(Cc2cc([C@]34C[C@@H](C=O)[C@H](O)[C@](C)(CO3)O4)ccc2Cl)cc1. The molecular weight excluding hydrogens is 392 g/mol. The number of aliphatic hydroxyl groups excluding tert-OH is 1. The second-order valence-corrected chi connectivity index (χ2v) is 8.37. The van der Waals surface area contributed by atoms with Gasteiger partial charge in [0.1, 0.15) is 17.6 Å². The minimum Gasteiger partial charge on any atom is -0.494 e. The van der Waals surface area contributed by atoms with Crippen molar-refractivity contribution in [1.29, 1.82) is 0 Å². The van der Waals surface area contributed by atoms with Gasteiger partial charge >= 0.3 is 0 Å². The van der Waals surface area contributed by atoms with Gasteiger partial charge in [-0.15, -0.1) is 0 Å². The summed E-state index contributed by atoms with van der Waals surface area (Å²) in [6, 6.07) is 13.6. The van der Waals surface area contributed by atoms with Crippen molar-refractivity contribution in [2.75, 3.05) is 13.2 Å². The Morgan fingerprint density at radius 1 is 1.28 bits per heavy atom. The number of carbonyl (C=O) groups excluding carboxylic acids is 1. The van der Waals surface area contributed by atoms with Crippen LogP contribution in [0.15, 0.2) is 42.5 Å². The van der Waals surface area contributed by atoms with Gasteiger partial charge in [-0.1, -0.05) is 29.8 Å². The van der Waals surface area contributed by atoms with Gasteiger partial charge in [0.15, 0.2) is 5.79 Å². The molecular formula is C23H25ClO5. The Kier molecular flexibility index (Phi) is 5.42. The first-order chi connectivity index (χ1) is 13.9. The Hall–Kier alpha value is -1.92. The molecule has 2 aromatic rings. The van der Waals surface area contributed by atoms with Crippen LogP contribution >= 0.6 is 11.6 Å². The molecule has 2 bridgehead atoms. The molecule has 1 N–H and O–H groups in total. The summed E-state index contributed by atoms with van der Waals surface area (Å²) >= 11 is 6.47. The van der Waals surface area contributed by atoms with E-state index in [9.17, 15) is 9.90 Å². The largest absolute Gasteiger partial charge is 0.494 e. The summed E-state index contributed by atoms with van der Waals surface area (Å²) in [6.45, 7) is 4.60. The van der Waals surface area contributed by atoms with Crippen LogP contribution in [-0.2, 0) is 26.5 Å². The maximum Gasteiger partial charge on any atom is 0.196 e. The fourth-order valence-corrected chi connectivity index (χ4v) is 4.42. The number of aldehydes is 1. The van der Waals surface area contributed by atoms with Gasteiger partial charge in [-0.3, -0.25) is 0 Å². The minimum absolute atomic E-state index is 0.232. The van der Waals surface area contributed by atoms with E-state index in [1.54, 1.807) is 6.92 Å². The van der Waals surface area contributed by atoms with E-state index < -0.39 is 23.4 Å². The Labute approximate surface area is 175 Å². The highest BCUT2D eigenvalue weighted by molar-refractivity contribution is 6.31. The molecule has 2 heterocycles. The first-order valence-electron chi connectivity index (χ1n) is 9.87.